The molecule has 0 aliphatic heterocycles. The molecule has 0 spiro atoms. The minimum absolute atomic E-state index is 0.132. The standard InChI is InChI=1S/C18H19N3O5/c1-12-10-16(20-26-12)19-17(22)11-25-15-5-3-4-14-13(15)6-7-21(18(14)23)8-9-24-2/h3-7,10H,8-9,11H2,1-2H3,(H,19,20,22). The number of benzene rings is 1. The molecule has 3 rings (SSSR count). The molecule has 2 heterocycles. The van der Waals surface area contributed by atoms with Gasteiger partial charge in [-0.05, 0) is 25.1 Å². The van der Waals surface area contributed by atoms with Gasteiger partial charge in [0, 0.05) is 31.3 Å². The first-order valence-electron chi connectivity index (χ1n) is 8.05. The lowest BCUT2D eigenvalue weighted by Crippen LogP contribution is -2.22. The predicted octanol–water partition coefficient (Wildman–Crippen LogP) is 1.96. The Morgan fingerprint density at radius 1 is 1.31 bits per heavy atom. The van der Waals surface area contributed by atoms with E-state index in [1.165, 1.54) is 0 Å². The monoisotopic (exact) mass is 357 g/mol. The van der Waals surface area contributed by atoms with E-state index < -0.39 is 0 Å². The largest absolute Gasteiger partial charge is 0.483 e. The zero-order valence-corrected chi connectivity index (χ0v) is 14.5. The third kappa shape index (κ3) is 3.92. The predicted molar refractivity (Wildman–Crippen MR) is 95.4 cm³/mol. The number of nitrogens with zero attached hydrogens (tertiary/aromatic N) is 2. The molecule has 8 nitrogen and oxygen atoms in total. The van der Waals surface area contributed by atoms with Crippen molar-refractivity contribution in [3.63, 3.8) is 0 Å². The lowest BCUT2D eigenvalue weighted by molar-refractivity contribution is -0.118. The Morgan fingerprint density at radius 2 is 2.15 bits per heavy atom. The van der Waals surface area contributed by atoms with Gasteiger partial charge in [0.15, 0.2) is 12.4 Å². The number of ether oxygens (including phenoxy) is 2. The maximum Gasteiger partial charge on any atom is 0.263 e. The number of anilines is 1. The van der Waals surface area contributed by atoms with E-state index in [1.54, 1.807) is 55.1 Å². The summed E-state index contributed by atoms with van der Waals surface area (Å²) in [5, 5.41) is 7.44. The first-order chi connectivity index (χ1) is 12.6. The number of pyridine rings is 1. The van der Waals surface area contributed by atoms with Crippen molar-refractivity contribution in [3.8, 4) is 5.75 Å². The number of methoxy groups -OCH3 is 1. The molecule has 0 saturated heterocycles. The van der Waals surface area contributed by atoms with E-state index in [0.29, 0.717) is 41.3 Å². The summed E-state index contributed by atoms with van der Waals surface area (Å²) in [4.78, 5) is 24.5. The molecule has 8 heteroatoms. The molecule has 1 aromatic carbocycles. The van der Waals surface area contributed by atoms with Crippen LogP contribution in [0.25, 0.3) is 10.8 Å². The number of amides is 1. The van der Waals surface area contributed by atoms with E-state index in [1.807, 2.05) is 0 Å². The van der Waals surface area contributed by atoms with Crippen molar-refractivity contribution in [1.82, 2.24) is 9.72 Å². The summed E-state index contributed by atoms with van der Waals surface area (Å²) in [7, 11) is 1.59. The number of rotatable bonds is 7. The number of aromatic nitrogens is 2. The van der Waals surface area contributed by atoms with Crippen molar-refractivity contribution < 1.29 is 18.8 Å². The van der Waals surface area contributed by atoms with Gasteiger partial charge in [-0.1, -0.05) is 11.2 Å². The third-order valence-electron chi connectivity index (χ3n) is 3.77. The maximum atomic E-state index is 12.5. The minimum Gasteiger partial charge on any atom is -0.483 e. The molecule has 3 aromatic rings. The van der Waals surface area contributed by atoms with E-state index >= 15 is 0 Å². The number of nitrogens with one attached hydrogen (secondary N) is 1. The van der Waals surface area contributed by atoms with Crippen LogP contribution in [0.2, 0.25) is 0 Å². The first kappa shape index (κ1) is 17.7. The molecule has 0 atom stereocenters. The normalized spacial score (nSPS) is 10.8. The molecular weight excluding hydrogens is 338 g/mol. The molecule has 0 bridgehead atoms. The molecule has 2 aromatic heterocycles. The van der Waals surface area contributed by atoms with Gasteiger partial charge in [-0.15, -0.1) is 0 Å². The second kappa shape index (κ2) is 7.83. The highest BCUT2D eigenvalue weighted by atomic mass is 16.5. The van der Waals surface area contributed by atoms with Gasteiger partial charge in [0.1, 0.15) is 11.5 Å². The van der Waals surface area contributed by atoms with Crippen LogP contribution in [0, 0.1) is 6.92 Å². The van der Waals surface area contributed by atoms with Gasteiger partial charge in [-0.25, -0.2) is 0 Å². The topological polar surface area (TPSA) is 95.6 Å². The van der Waals surface area contributed by atoms with Gasteiger partial charge in [0.2, 0.25) is 0 Å². The van der Waals surface area contributed by atoms with E-state index in [9.17, 15) is 9.59 Å². The number of carbonyl (C=O) groups excluding carboxylic acids is 1. The van der Waals surface area contributed by atoms with Crippen LogP contribution in [0.15, 0.2) is 45.8 Å². The van der Waals surface area contributed by atoms with Gasteiger partial charge < -0.3 is 23.9 Å². The molecule has 136 valence electrons. The highest BCUT2D eigenvalue weighted by Gasteiger charge is 2.11. The van der Waals surface area contributed by atoms with Crippen LogP contribution >= 0.6 is 0 Å². The number of aryl methyl sites for hydroxylation is 1. The molecule has 0 fully saturated rings. The molecule has 0 unspecified atom stereocenters. The molecule has 0 aliphatic rings. The number of fused-ring (bicyclic) bond motifs is 1. The molecular formula is C18H19N3O5. The average molecular weight is 357 g/mol. The molecule has 0 radical (unpaired) electrons. The fourth-order valence-corrected chi connectivity index (χ4v) is 2.53. The molecule has 0 aliphatic carbocycles. The van der Waals surface area contributed by atoms with Crippen molar-refractivity contribution in [2.45, 2.75) is 13.5 Å². The molecule has 1 N–H and O–H groups in total. The SMILES string of the molecule is COCCn1ccc2c(OCC(=O)Nc3cc(C)on3)cccc2c1=O. The second-order valence-electron chi connectivity index (χ2n) is 5.68. The Bertz CT molecular complexity index is 976. The van der Waals surface area contributed by atoms with E-state index in [0.717, 1.165) is 0 Å². The summed E-state index contributed by atoms with van der Waals surface area (Å²) in [6.07, 6.45) is 1.69. The van der Waals surface area contributed by atoms with Crippen LogP contribution in [-0.2, 0) is 16.1 Å². The van der Waals surface area contributed by atoms with E-state index in [4.69, 9.17) is 14.0 Å². The van der Waals surface area contributed by atoms with Crippen LogP contribution < -0.4 is 15.6 Å². The Morgan fingerprint density at radius 3 is 2.88 bits per heavy atom. The Kier molecular flexibility index (Phi) is 5.33. The van der Waals surface area contributed by atoms with Gasteiger partial charge in [0.05, 0.1) is 12.0 Å². The summed E-state index contributed by atoms with van der Waals surface area (Å²) in [6.45, 7) is 2.44. The maximum absolute atomic E-state index is 12.5. The highest BCUT2D eigenvalue weighted by molar-refractivity contribution is 5.92. The summed E-state index contributed by atoms with van der Waals surface area (Å²) in [5.41, 5.74) is -0.132. The van der Waals surface area contributed by atoms with E-state index in [2.05, 4.69) is 10.5 Å². The van der Waals surface area contributed by atoms with Gasteiger partial charge in [-0.3, -0.25) is 9.59 Å². The van der Waals surface area contributed by atoms with Crippen molar-refractivity contribution >= 4 is 22.5 Å². The Hall–Kier alpha value is -3.13. The zero-order valence-electron chi connectivity index (χ0n) is 14.5. The lowest BCUT2D eigenvalue weighted by atomic mass is 10.1. The molecule has 26 heavy (non-hydrogen) atoms. The molecule has 1 amide bonds. The number of hydrogen-bond acceptors (Lipinski definition) is 6. The minimum atomic E-state index is -0.372. The Labute approximate surface area is 149 Å². The highest BCUT2D eigenvalue weighted by Crippen LogP contribution is 2.23. The van der Waals surface area contributed by atoms with Crippen molar-refractivity contribution in [1.29, 1.82) is 0 Å². The van der Waals surface area contributed by atoms with E-state index in [-0.39, 0.29) is 18.1 Å². The third-order valence-corrected chi connectivity index (χ3v) is 3.77. The number of carbonyl (C=O) groups is 1. The van der Waals surface area contributed by atoms with Crippen molar-refractivity contribution in [2.24, 2.45) is 0 Å². The van der Waals surface area contributed by atoms with Crippen LogP contribution in [0.3, 0.4) is 0 Å². The summed E-state index contributed by atoms with van der Waals surface area (Å²) >= 11 is 0. The summed E-state index contributed by atoms with van der Waals surface area (Å²) < 4.78 is 17.1. The number of hydrogen-bond donors (Lipinski definition) is 1. The van der Waals surface area contributed by atoms with Crippen LogP contribution in [0.1, 0.15) is 5.76 Å². The van der Waals surface area contributed by atoms with Crippen molar-refractivity contribution in [2.75, 3.05) is 25.6 Å². The van der Waals surface area contributed by atoms with Crippen molar-refractivity contribution in [3.05, 3.63) is 52.6 Å². The first-order valence-corrected chi connectivity index (χ1v) is 8.05. The smallest absolute Gasteiger partial charge is 0.263 e. The van der Waals surface area contributed by atoms with Gasteiger partial charge >= 0.3 is 0 Å². The van der Waals surface area contributed by atoms with Gasteiger partial charge in [0.25, 0.3) is 11.5 Å². The summed E-state index contributed by atoms with van der Waals surface area (Å²) in [5.74, 6) is 1.02. The zero-order chi connectivity index (χ0) is 18.5. The molecule has 0 saturated carbocycles. The Balaban J connectivity index is 1.74. The fourth-order valence-electron chi connectivity index (χ4n) is 2.53. The second-order valence-corrected chi connectivity index (χ2v) is 5.68. The van der Waals surface area contributed by atoms with Crippen LogP contribution in [-0.4, -0.2) is 36.0 Å². The lowest BCUT2D eigenvalue weighted by Gasteiger charge is -2.11. The fraction of sp³-hybridized carbons (Fsp3) is 0.278. The van der Waals surface area contributed by atoms with Crippen LogP contribution in [0.5, 0.6) is 5.75 Å². The average Bonchev–Trinajstić information content (AvgIpc) is 3.04. The quantitative estimate of drug-likeness (QED) is 0.694. The van der Waals surface area contributed by atoms with Crippen LogP contribution in [0.4, 0.5) is 5.82 Å². The summed E-state index contributed by atoms with van der Waals surface area (Å²) in [6, 6.07) is 8.57. The van der Waals surface area contributed by atoms with Gasteiger partial charge in [-0.2, -0.15) is 0 Å².